The molecule has 1 fully saturated rings. The number of nitrogens with zero attached hydrogens (tertiary/aromatic N) is 1. The number of amides is 1. The van der Waals surface area contributed by atoms with E-state index >= 15 is 0 Å². The molecule has 1 amide bonds. The van der Waals surface area contributed by atoms with Crippen molar-refractivity contribution in [3.63, 3.8) is 0 Å². The molecule has 1 rings (SSSR count). The van der Waals surface area contributed by atoms with Gasteiger partial charge in [-0.1, -0.05) is 13.8 Å². The van der Waals surface area contributed by atoms with E-state index in [1.54, 1.807) is 4.90 Å². The van der Waals surface area contributed by atoms with E-state index in [0.29, 0.717) is 5.92 Å². The van der Waals surface area contributed by atoms with Gasteiger partial charge in [0.05, 0.1) is 13.1 Å². The lowest BCUT2D eigenvalue weighted by Crippen LogP contribution is -2.44. The first kappa shape index (κ1) is 14.0. The Balaban J connectivity index is 2.38. The second-order valence-electron chi connectivity index (χ2n) is 5.13. The zero-order valence-corrected chi connectivity index (χ0v) is 10.8. The van der Waals surface area contributed by atoms with Crippen molar-refractivity contribution < 1.29 is 14.7 Å². The number of hydrogen-bond acceptors (Lipinski definition) is 3. The predicted molar refractivity (Wildman–Crippen MR) is 64.7 cm³/mol. The highest BCUT2D eigenvalue weighted by Crippen LogP contribution is 2.26. The molecule has 0 heterocycles. The fourth-order valence-electron chi connectivity index (χ4n) is 1.58. The highest BCUT2D eigenvalue weighted by Gasteiger charge is 2.31. The number of rotatable bonds is 7. The number of carboxylic acid groups (broad SMARTS) is 1. The summed E-state index contributed by atoms with van der Waals surface area (Å²) in [7, 11) is 0. The molecule has 0 saturated heterocycles. The van der Waals surface area contributed by atoms with E-state index in [-0.39, 0.29) is 31.1 Å². The summed E-state index contributed by atoms with van der Waals surface area (Å²) in [5.74, 6) is -0.575. The van der Waals surface area contributed by atoms with Crippen LogP contribution in [-0.4, -0.2) is 47.1 Å². The van der Waals surface area contributed by atoms with Crippen LogP contribution in [0, 0.1) is 5.92 Å². The summed E-state index contributed by atoms with van der Waals surface area (Å²) in [5, 5.41) is 11.7. The van der Waals surface area contributed by atoms with Crippen molar-refractivity contribution >= 4 is 11.9 Å². The largest absolute Gasteiger partial charge is 0.480 e. The smallest absolute Gasteiger partial charge is 0.317 e. The van der Waals surface area contributed by atoms with Gasteiger partial charge in [0.2, 0.25) is 5.91 Å². The van der Waals surface area contributed by atoms with Crippen molar-refractivity contribution in [1.29, 1.82) is 0 Å². The highest BCUT2D eigenvalue weighted by molar-refractivity contribution is 5.79. The average Bonchev–Trinajstić information content (AvgIpc) is 2.98. The summed E-state index contributed by atoms with van der Waals surface area (Å²) in [5.41, 5.74) is 0. The Morgan fingerprint density at radius 3 is 2.29 bits per heavy atom. The molecule has 1 atom stereocenters. The Hall–Kier alpha value is -1.10. The van der Waals surface area contributed by atoms with Crippen LogP contribution < -0.4 is 5.32 Å². The van der Waals surface area contributed by atoms with Gasteiger partial charge in [0.1, 0.15) is 0 Å². The molecule has 2 N–H and O–H groups in total. The first-order valence-electron chi connectivity index (χ1n) is 6.15. The van der Waals surface area contributed by atoms with Crippen molar-refractivity contribution in [2.75, 3.05) is 13.1 Å². The van der Waals surface area contributed by atoms with Crippen LogP contribution in [-0.2, 0) is 9.59 Å². The standard InChI is InChI=1S/C12H22N2O3/c1-8(2)9(3)13-11(15)6-14(7-12(16)17)10-4-5-10/h8-10H,4-7H2,1-3H3,(H,13,15)(H,16,17). The number of carboxylic acids is 1. The SMILES string of the molecule is CC(C)C(C)NC(=O)CN(CC(=O)O)C1CC1. The molecule has 98 valence electrons. The first-order valence-corrected chi connectivity index (χ1v) is 6.15. The van der Waals surface area contributed by atoms with Gasteiger partial charge in [0, 0.05) is 12.1 Å². The zero-order valence-electron chi connectivity index (χ0n) is 10.8. The van der Waals surface area contributed by atoms with E-state index in [2.05, 4.69) is 5.32 Å². The third-order valence-corrected chi connectivity index (χ3v) is 3.14. The summed E-state index contributed by atoms with van der Waals surface area (Å²) in [4.78, 5) is 24.2. The minimum atomic E-state index is -0.874. The molecule has 0 spiro atoms. The molecule has 5 nitrogen and oxygen atoms in total. The fourth-order valence-corrected chi connectivity index (χ4v) is 1.58. The Morgan fingerprint density at radius 1 is 1.29 bits per heavy atom. The topological polar surface area (TPSA) is 69.6 Å². The quantitative estimate of drug-likeness (QED) is 0.689. The summed E-state index contributed by atoms with van der Waals surface area (Å²) in [6.45, 7) is 6.19. The maximum atomic E-state index is 11.7. The third-order valence-electron chi connectivity index (χ3n) is 3.14. The fraction of sp³-hybridized carbons (Fsp3) is 0.833. The molecule has 1 unspecified atom stereocenters. The Morgan fingerprint density at radius 2 is 1.88 bits per heavy atom. The molecule has 1 aliphatic rings. The Kier molecular flexibility index (Phi) is 4.93. The lowest BCUT2D eigenvalue weighted by Gasteiger charge is -2.22. The van der Waals surface area contributed by atoms with E-state index < -0.39 is 5.97 Å². The number of hydrogen-bond donors (Lipinski definition) is 2. The molecule has 0 aromatic rings. The van der Waals surface area contributed by atoms with E-state index in [4.69, 9.17) is 5.11 Å². The van der Waals surface area contributed by atoms with Crippen molar-refractivity contribution in [1.82, 2.24) is 10.2 Å². The van der Waals surface area contributed by atoms with Crippen LogP contribution in [0.15, 0.2) is 0 Å². The molecule has 1 saturated carbocycles. The maximum Gasteiger partial charge on any atom is 0.317 e. The third kappa shape index (κ3) is 5.17. The lowest BCUT2D eigenvalue weighted by molar-refractivity contribution is -0.139. The first-order chi connectivity index (χ1) is 7.90. The molecule has 0 radical (unpaired) electrons. The number of nitrogens with one attached hydrogen (secondary N) is 1. The predicted octanol–water partition coefficient (Wildman–Crippen LogP) is 0.696. The van der Waals surface area contributed by atoms with Crippen LogP contribution >= 0.6 is 0 Å². The summed E-state index contributed by atoms with van der Waals surface area (Å²) < 4.78 is 0. The van der Waals surface area contributed by atoms with Crippen molar-refractivity contribution in [3.8, 4) is 0 Å². The van der Waals surface area contributed by atoms with Gasteiger partial charge in [0.15, 0.2) is 0 Å². The maximum absolute atomic E-state index is 11.7. The summed E-state index contributed by atoms with van der Waals surface area (Å²) in [6.07, 6.45) is 2.00. The molecule has 17 heavy (non-hydrogen) atoms. The molecule has 0 aromatic carbocycles. The number of carbonyl (C=O) groups excluding carboxylic acids is 1. The minimum Gasteiger partial charge on any atom is -0.480 e. The van der Waals surface area contributed by atoms with Crippen molar-refractivity contribution in [2.24, 2.45) is 5.92 Å². The van der Waals surface area contributed by atoms with Crippen LogP contribution in [0.2, 0.25) is 0 Å². The highest BCUT2D eigenvalue weighted by atomic mass is 16.4. The molecule has 1 aliphatic carbocycles. The number of aliphatic carboxylic acids is 1. The summed E-state index contributed by atoms with van der Waals surface area (Å²) in [6, 6.07) is 0.402. The molecule has 0 aromatic heterocycles. The van der Waals surface area contributed by atoms with E-state index in [0.717, 1.165) is 12.8 Å². The van der Waals surface area contributed by atoms with Gasteiger partial charge >= 0.3 is 5.97 Å². The van der Waals surface area contributed by atoms with E-state index in [9.17, 15) is 9.59 Å². The van der Waals surface area contributed by atoms with Gasteiger partial charge < -0.3 is 10.4 Å². The average molecular weight is 242 g/mol. The van der Waals surface area contributed by atoms with Crippen LogP contribution in [0.5, 0.6) is 0 Å². The van der Waals surface area contributed by atoms with Gasteiger partial charge in [-0.25, -0.2) is 0 Å². The van der Waals surface area contributed by atoms with Gasteiger partial charge in [-0.3, -0.25) is 14.5 Å². The zero-order chi connectivity index (χ0) is 13.0. The van der Waals surface area contributed by atoms with Gasteiger partial charge in [0.25, 0.3) is 0 Å². The lowest BCUT2D eigenvalue weighted by atomic mass is 10.1. The van der Waals surface area contributed by atoms with Crippen LogP contribution in [0.3, 0.4) is 0 Å². The molecule has 5 heteroatoms. The van der Waals surface area contributed by atoms with Crippen LogP contribution in [0.4, 0.5) is 0 Å². The monoisotopic (exact) mass is 242 g/mol. The normalized spacial score (nSPS) is 17.2. The minimum absolute atomic E-state index is 0.0475. The van der Waals surface area contributed by atoms with Crippen molar-refractivity contribution in [3.05, 3.63) is 0 Å². The molecule has 0 aliphatic heterocycles. The second-order valence-corrected chi connectivity index (χ2v) is 5.13. The number of carbonyl (C=O) groups is 2. The van der Waals surface area contributed by atoms with Crippen LogP contribution in [0.1, 0.15) is 33.6 Å². The van der Waals surface area contributed by atoms with Gasteiger partial charge in [-0.05, 0) is 25.7 Å². The van der Waals surface area contributed by atoms with E-state index in [1.165, 1.54) is 0 Å². The Bertz CT molecular complexity index is 287. The second kappa shape index (κ2) is 6.00. The van der Waals surface area contributed by atoms with Gasteiger partial charge in [-0.15, -0.1) is 0 Å². The molecular formula is C12H22N2O3. The van der Waals surface area contributed by atoms with Gasteiger partial charge in [-0.2, -0.15) is 0 Å². The summed E-state index contributed by atoms with van der Waals surface area (Å²) >= 11 is 0. The Labute approximate surface area is 102 Å². The van der Waals surface area contributed by atoms with Crippen molar-refractivity contribution in [2.45, 2.75) is 45.7 Å². The molecular weight excluding hydrogens is 220 g/mol. The van der Waals surface area contributed by atoms with Crippen LogP contribution in [0.25, 0.3) is 0 Å². The van der Waals surface area contributed by atoms with E-state index in [1.807, 2.05) is 20.8 Å². The molecule has 0 bridgehead atoms.